The zero-order valence-corrected chi connectivity index (χ0v) is 17.2. The van der Waals surface area contributed by atoms with E-state index in [2.05, 4.69) is 15.0 Å². The van der Waals surface area contributed by atoms with Gasteiger partial charge in [0.2, 0.25) is 0 Å². The van der Waals surface area contributed by atoms with E-state index in [1.807, 2.05) is 37.8 Å². The molecule has 1 fully saturated rings. The Morgan fingerprint density at radius 2 is 2.00 bits per heavy atom. The van der Waals surface area contributed by atoms with E-state index in [4.69, 9.17) is 4.74 Å². The molecule has 8 heteroatoms. The second-order valence-electron chi connectivity index (χ2n) is 8.25. The predicted molar refractivity (Wildman–Crippen MR) is 112 cm³/mol. The van der Waals surface area contributed by atoms with Crippen molar-refractivity contribution < 1.29 is 13.9 Å². The SMILES string of the molecule is CC(C)(C)OC(=O)N1CCN(c2ncnc3cccc(F)c23)[C@H](c2cccnc2)C1. The number of halogens is 1. The highest BCUT2D eigenvalue weighted by Crippen LogP contribution is 2.34. The highest BCUT2D eigenvalue weighted by molar-refractivity contribution is 5.90. The molecule has 1 saturated heterocycles. The van der Waals surface area contributed by atoms with Gasteiger partial charge in [-0.3, -0.25) is 4.98 Å². The van der Waals surface area contributed by atoms with Crippen LogP contribution >= 0.6 is 0 Å². The van der Waals surface area contributed by atoms with E-state index in [0.717, 1.165) is 5.56 Å². The Morgan fingerprint density at radius 1 is 1.17 bits per heavy atom. The van der Waals surface area contributed by atoms with E-state index in [9.17, 15) is 9.18 Å². The summed E-state index contributed by atoms with van der Waals surface area (Å²) in [7, 11) is 0. The fourth-order valence-electron chi connectivity index (χ4n) is 3.66. The third kappa shape index (κ3) is 4.03. The number of amides is 1. The summed E-state index contributed by atoms with van der Waals surface area (Å²) in [6.07, 6.45) is 4.53. The number of aromatic nitrogens is 3. The Balaban J connectivity index is 1.73. The largest absolute Gasteiger partial charge is 0.444 e. The molecular weight excluding hydrogens is 385 g/mol. The second kappa shape index (κ2) is 7.85. The van der Waals surface area contributed by atoms with Crippen LogP contribution in [0.15, 0.2) is 49.1 Å². The van der Waals surface area contributed by atoms with Crippen LogP contribution in [0.2, 0.25) is 0 Å². The number of nitrogens with zero attached hydrogens (tertiary/aromatic N) is 5. The number of piperazine rings is 1. The highest BCUT2D eigenvalue weighted by Gasteiger charge is 2.34. The lowest BCUT2D eigenvalue weighted by molar-refractivity contribution is 0.0213. The van der Waals surface area contributed by atoms with Gasteiger partial charge in [0.1, 0.15) is 23.6 Å². The van der Waals surface area contributed by atoms with Crippen LogP contribution in [0.5, 0.6) is 0 Å². The molecule has 1 aliphatic heterocycles. The summed E-state index contributed by atoms with van der Waals surface area (Å²) < 4.78 is 20.3. The molecule has 1 aromatic carbocycles. The fraction of sp³-hybridized carbons (Fsp3) is 0.364. The summed E-state index contributed by atoms with van der Waals surface area (Å²) in [5, 5.41) is 0.375. The van der Waals surface area contributed by atoms with E-state index >= 15 is 0 Å². The minimum atomic E-state index is -0.579. The Hall–Kier alpha value is -3.29. The molecule has 1 aliphatic rings. The smallest absolute Gasteiger partial charge is 0.410 e. The minimum absolute atomic E-state index is 0.252. The monoisotopic (exact) mass is 409 g/mol. The summed E-state index contributed by atoms with van der Waals surface area (Å²) in [5.41, 5.74) is 0.873. The minimum Gasteiger partial charge on any atom is -0.444 e. The third-order valence-electron chi connectivity index (χ3n) is 4.97. The first-order valence-corrected chi connectivity index (χ1v) is 9.87. The molecule has 30 heavy (non-hydrogen) atoms. The van der Waals surface area contributed by atoms with Crippen molar-refractivity contribution in [1.29, 1.82) is 0 Å². The Morgan fingerprint density at radius 3 is 2.73 bits per heavy atom. The Bertz CT molecular complexity index is 1050. The van der Waals surface area contributed by atoms with Gasteiger partial charge in [-0.1, -0.05) is 12.1 Å². The van der Waals surface area contributed by atoms with Crippen molar-refractivity contribution >= 4 is 22.8 Å². The molecule has 1 atom stereocenters. The third-order valence-corrected chi connectivity index (χ3v) is 4.97. The summed E-state index contributed by atoms with van der Waals surface area (Å²) in [5.74, 6) is 0.137. The molecule has 2 aromatic heterocycles. The normalized spacial score (nSPS) is 17.3. The van der Waals surface area contributed by atoms with Gasteiger partial charge in [0.25, 0.3) is 0 Å². The van der Waals surface area contributed by atoms with Crippen LogP contribution in [0.3, 0.4) is 0 Å². The zero-order chi connectivity index (χ0) is 21.3. The number of anilines is 1. The van der Waals surface area contributed by atoms with Gasteiger partial charge in [-0.15, -0.1) is 0 Å². The molecule has 0 saturated carbocycles. The summed E-state index contributed by atoms with van der Waals surface area (Å²) in [6.45, 7) is 6.81. The van der Waals surface area contributed by atoms with Gasteiger partial charge in [0, 0.05) is 32.0 Å². The number of fused-ring (bicyclic) bond motifs is 1. The maximum absolute atomic E-state index is 14.7. The quantitative estimate of drug-likeness (QED) is 0.638. The van der Waals surface area contributed by atoms with Gasteiger partial charge in [-0.05, 0) is 44.5 Å². The molecule has 3 aromatic rings. The van der Waals surface area contributed by atoms with Crippen LogP contribution in [0, 0.1) is 5.82 Å². The van der Waals surface area contributed by atoms with E-state index in [1.165, 1.54) is 12.4 Å². The Kier molecular flexibility index (Phi) is 5.24. The highest BCUT2D eigenvalue weighted by atomic mass is 19.1. The molecule has 0 aliphatic carbocycles. The molecule has 0 radical (unpaired) electrons. The van der Waals surface area contributed by atoms with Gasteiger partial charge in [-0.2, -0.15) is 0 Å². The second-order valence-corrected chi connectivity index (χ2v) is 8.25. The fourth-order valence-corrected chi connectivity index (χ4v) is 3.66. The molecule has 0 unspecified atom stereocenters. The molecular formula is C22H24FN5O2. The van der Waals surface area contributed by atoms with E-state index < -0.39 is 5.60 Å². The van der Waals surface area contributed by atoms with Crippen molar-refractivity contribution in [2.24, 2.45) is 0 Å². The molecule has 0 N–H and O–H groups in total. The number of rotatable bonds is 2. The van der Waals surface area contributed by atoms with Crippen LogP contribution in [-0.4, -0.2) is 51.2 Å². The van der Waals surface area contributed by atoms with Gasteiger partial charge in [0.05, 0.1) is 16.9 Å². The van der Waals surface area contributed by atoms with Crippen molar-refractivity contribution in [3.05, 3.63) is 60.4 Å². The lowest BCUT2D eigenvalue weighted by atomic mass is 10.0. The van der Waals surface area contributed by atoms with Crippen molar-refractivity contribution in [2.45, 2.75) is 32.4 Å². The predicted octanol–water partition coefficient (Wildman–Crippen LogP) is 3.96. The van der Waals surface area contributed by atoms with Crippen LogP contribution in [-0.2, 0) is 4.74 Å². The maximum atomic E-state index is 14.7. The molecule has 0 bridgehead atoms. The zero-order valence-electron chi connectivity index (χ0n) is 17.2. The molecule has 4 rings (SSSR count). The first-order valence-electron chi connectivity index (χ1n) is 9.87. The van der Waals surface area contributed by atoms with Crippen LogP contribution in [0.1, 0.15) is 32.4 Å². The summed E-state index contributed by atoms with van der Waals surface area (Å²) >= 11 is 0. The van der Waals surface area contributed by atoms with Gasteiger partial charge < -0.3 is 14.5 Å². The van der Waals surface area contributed by atoms with Crippen LogP contribution in [0.25, 0.3) is 10.9 Å². The Labute approximate surface area is 174 Å². The van der Waals surface area contributed by atoms with Crippen LogP contribution < -0.4 is 4.90 Å². The van der Waals surface area contributed by atoms with Crippen molar-refractivity contribution in [3.8, 4) is 0 Å². The number of carbonyl (C=O) groups excluding carboxylic acids is 1. The molecule has 7 nitrogen and oxygen atoms in total. The molecule has 1 amide bonds. The number of carbonyl (C=O) groups is 1. The lowest BCUT2D eigenvalue weighted by Crippen LogP contribution is -2.52. The molecule has 156 valence electrons. The average molecular weight is 409 g/mol. The summed E-state index contributed by atoms with van der Waals surface area (Å²) in [4.78, 5) is 29.2. The number of ether oxygens (including phenoxy) is 1. The first kappa shape index (κ1) is 20.0. The number of pyridine rings is 1. The summed E-state index contributed by atoms with van der Waals surface area (Å²) in [6, 6.07) is 8.34. The van der Waals surface area contributed by atoms with Crippen molar-refractivity contribution in [1.82, 2.24) is 19.9 Å². The first-order chi connectivity index (χ1) is 14.3. The average Bonchev–Trinajstić information content (AvgIpc) is 2.72. The van der Waals surface area contributed by atoms with Gasteiger partial charge in [0.15, 0.2) is 0 Å². The van der Waals surface area contributed by atoms with Gasteiger partial charge in [-0.25, -0.2) is 19.2 Å². The lowest BCUT2D eigenvalue weighted by Gasteiger charge is -2.42. The number of hydrogen-bond donors (Lipinski definition) is 0. The van der Waals surface area contributed by atoms with E-state index in [-0.39, 0.29) is 18.0 Å². The maximum Gasteiger partial charge on any atom is 0.410 e. The number of hydrogen-bond acceptors (Lipinski definition) is 6. The van der Waals surface area contributed by atoms with E-state index in [1.54, 1.807) is 29.4 Å². The molecule has 3 heterocycles. The topological polar surface area (TPSA) is 71.5 Å². The van der Waals surface area contributed by atoms with Crippen molar-refractivity contribution in [3.63, 3.8) is 0 Å². The molecule has 0 spiro atoms. The van der Waals surface area contributed by atoms with Gasteiger partial charge >= 0.3 is 6.09 Å². The standard InChI is InChI=1S/C22H24FN5O2/c1-22(2,3)30-21(29)27-10-11-28(18(13-27)15-6-5-9-24-12-15)20-19-16(23)7-4-8-17(19)25-14-26-20/h4-9,12,14,18H,10-11,13H2,1-3H3/t18-/m0/s1. The van der Waals surface area contributed by atoms with Crippen LogP contribution in [0.4, 0.5) is 15.0 Å². The van der Waals surface area contributed by atoms with E-state index in [0.29, 0.717) is 36.4 Å². The number of benzene rings is 1. The van der Waals surface area contributed by atoms with Crippen molar-refractivity contribution in [2.75, 3.05) is 24.5 Å².